The molecule has 0 saturated carbocycles. The van der Waals surface area contributed by atoms with Gasteiger partial charge in [-0.3, -0.25) is 4.79 Å². The summed E-state index contributed by atoms with van der Waals surface area (Å²) in [6.07, 6.45) is 2.02. The maximum Gasteiger partial charge on any atom is 0.205 e. The zero-order valence-corrected chi connectivity index (χ0v) is 15.5. The number of anilines is 1. The maximum atomic E-state index is 12.8. The Balaban J connectivity index is 2.16. The number of halogens is 1. The number of nitrogens with zero attached hydrogens (tertiary/aromatic N) is 1. The van der Waals surface area contributed by atoms with Gasteiger partial charge in [0.25, 0.3) is 0 Å². The van der Waals surface area contributed by atoms with Gasteiger partial charge < -0.3 is 5.73 Å². The fourth-order valence-electron chi connectivity index (χ4n) is 3.03. The third-order valence-electron chi connectivity index (χ3n) is 4.27. The first-order valence-corrected chi connectivity index (χ1v) is 9.11. The smallest absolute Gasteiger partial charge is 0.205 e. The molecule has 0 aliphatic heterocycles. The van der Waals surface area contributed by atoms with Crippen LogP contribution in [0.4, 0.5) is 5.69 Å². The number of rotatable bonds is 4. The molecule has 0 atom stereocenters. The number of pyridine rings is 1. The molecule has 0 aliphatic rings. The fraction of sp³-hybridized carbons (Fsp3) is 0.263. The number of nitrogens with two attached hydrogens (primary N) is 1. The Bertz CT molecular complexity index is 929. The Morgan fingerprint density at radius 3 is 2.54 bits per heavy atom. The minimum atomic E-state index is -0.0822. The number of carbonyl (C=O) groups excluding carboxylic acids is 1. The lowest BCUT2D eigenvalue weighted by molar-refractivity contribution is 0.104. The van der Waals surface area contributed by atoms with Crippen LogP contribution in [0.3, 0.4) is 0 Å². The van der Waals surface area contributed by atoms with Gasteiger partial charge >= 0.3 is 0 Å². The summed E-state index contributed by atoms with van der Waals surface area (Å²) in [6, 6.07) is 6.88. The molecule has 0 aliphatic carbocycles. The number of thiophene rings is 1. The molecule has 3 rings (SSSR count). The van der Waals surface area contributed by atoms with Crippen molar-refractivity contribution in [2.45, 2.75) is 33.6 Å². The van der Waals surface area contributed by atoms with Crippen LogP contribution in [-0.4, -0.2) is 10.8 Å². The van der Waals surface area contributed by atoms with E-state index < -0.39 is 0 Å². The normalized spacial score (nSPS) is 11.2. The maximum absolute atomic E-state index is 12.8. The molecule has 124 valence electrons. The van der Waals surface area contributed by atoms with Gasteiger partial charge in [0.1, 0.15) is 9.71 Å². The molecule has 0 bridgehead atoms. The number of fused-ring (bicyclic) bond motifs is 1. The van der Waals surface area contributed by atoms with Crippen molar-refractivity contribution < 1.29 is 4.79 Å². The van der Waals surface area contributed by atoms with Crippen LogP contribution in [0.2, 0.25) is 5.02 Å². The molecule has 0 saturated heterocycles. The molecule has 5 heteroatoms. The molecule has 2 N–H and O–H groups in total. The van der Waals surface area contributed by atoms with E-state index in [2.05, 4.69) is 13.8 Å². The van der Waals surface area contributed by atoms with E-state index in [-0.39, 0.29) is 5.78 Å². The summed E-state index contributed by atoms with van der Waals surface area (Å²) >= 11 is 7.27. The molecule has 2 heterocycles. The standard InChI is InChI=1S/C19H19ClN2OS/c1-4-5-14-10(2)15-16(21)18(24-19(15)22-11(14)3)17(23)12-6-8-13(20)9-7-12/h6-9H,4-5,21H2,1-3H3. The minimum absolute atomic E-state index is 0.0822. The van der Waals surface area contributed by atoms with Crippen molar-refractivity contribution in [3.05, 3.63) is 56.5 Å². The topological polar surface area (TPSA) is 56.0 Å². The van der Waals surface area contributed by atoms with Crippen molar-refractivity contribution in [2.75, 3.05) is 5.73 Å². The lowest BCUT2D eigenvalue weighted by Crippen LogP contribution is -2.02. The molecular formula is C19H19ClN2OS. The third-order valence-corrected chi connectivity index (χ3v) is 5.62. The average molecular weight is 359 g/mol. The Hall–Kier alpha value is -1.91. The Morgan fingerprint density at radius 1 is 1.25 bits per heavy atom. The van der Waals surface area contributed by atoms with Gasteiger partial charge in [0.15, 0.2) is 0 Å². The summed E-state index contributed by atoms with van der Waals surface area (Å²) in [7, 11) is 0. The van der Waals surface area contributed by atoms with E-state index in [1.165, 1.54) is 16.9 Å². The van der Waals surface area contributed by atoms with E-state index in [1.54, 1.807) is 24.3 Å². The minimum Gasteiger partial charge on any atom is -0.397 e. The van der Waals surface area contributed by atoms with Gasteiger partial charge in [0, 0.05) is 21.7 Å². The Kier molecular flexibility index (Phi) is 4.61. The molecule has 0 amide bonds. The second kappa shape index (κ2) is 6.54. The zero-order valence-electron chi connectivity index (χ0n) is 13.9. The van der Waals surface area contributed by atoms with Crippen LogP contribution in [0.25, 0.3) is 10.2 Å². The largest absolute Gasteiger partial charge is 0.397 e. The van der Waals surface area contributed by atoms with Crippen molar-refractivity contribution in [1.29, 1.82) is 0 Å². The number of aromatic nitrogens is 1. The quantitative estimate of drug-likeness (QED) is 0.641. The van der Waals surface area contributed by atoms with Crippen LogP contribution in [0, 0.1) is 13.8 Å². The molecular weight excluding hydrogens is 340 g/mol. The van der Waals surface area contributed by atoms with E-state index in [1.807, 2.05) is 6.92 Å². The van der Waals surface area contributed by atoms with Gasteiger partial charge in [-0.2, -0.15) is 0 Å². The van der Waals surface area contributed by atoms with Gasteiger partial charge in [-0.25, -0.2) is 4.98 Å². The first-order valence-electron chi connectivity index (χ1n) is 7.92. The summed E-state index contributed by atoms with van der Waals surface area (Å²) < 4.78 is 0. The number of aryl methyl sites for hydroxylation is 2. The Morgan fingerprint density at radius 2 is 1.92 bits per heavy atom. The predicted molar refractivity (Wildman–Crippen MR) is 102 cm³/mol. The van der Waals surface area contributed by atoms with E-state index in [9.17, 15) is 4.79 Å². The number of hydrogen-bond acceptors (Lipinski definition) is 4. The SMILES string of the molecule is CCCc1c(C)nc2sc(C(=O)c3ccc(Cl)cc3)c(N)c2c1C. The summed E-state index contributed by atoms with van der Waals surface area (Å²) in [6.45, 7) is 6.24. The van der Waals surface area contributed by atoms with E-state index in [4.69, 9.17) is 22.3 Å². The first-order chi connectivity index (χ1) is 11.4. The molecule has 1 aromatic carbocycles. The summed E-state index contributed by atoms with van der Waals surface area (Å²) in [5.41, 5.74) is 10.9. The molecule has 0 unspecified atom stereocenters. The van der Waals surface area contributed by atoms with Gasteiger partial charge in [-0.15, -0.1) is 11.3 Å². The molecule has 0 radical (unpaired) electrons. The van der Waals surface area contributed by atoms with Crippen LogP contribution in [0.5, 0.6) is 0 Å². The third kappa shape index (κ3) is 2.80. The molecule has 24 heavy (non-hydrogen) atoms. The zero-order chi connectivity index (χ0) is 17.4. The number of carbonyl (C=O) groups is 1. The van der Waals surface area contributed by atoms with Crippen LogP contribution >= 0.6 is 22.9 Å². The monoisotopic (exact) mass is 358 g/mol. The van der Waals surface area contributed by atoms with Crippen LogP contribution < -0.4 is 5.73 Å². The van der Waals surface area contributed by atoms with Gasteiger partial charge in [-0.1, -0.05) is 24.9 Å². The summed E-state index contributed by atoms with van der Waals surface area (Å²) in [4.78, 5) is 18.9. The lowest BCUT2D eigenvalue weighted by Gasteiger charge is -2.09. The Labute approximate surface area is 150 Å². The predicted octanol–water partition coefficient (Wildman–Crippen LogP) is 5.33. The van der Waals surface area contributed by atoms with Crippen LogP contribution in [0.1, 0.15) is 45.4 Å². The van der Waals surface area contributed by atoms with Gasteiger partial charge in [0.2, 0.25) is 5.78 Å². The highest BCUT2D eigenvalue weighted by Gasteiger charge is 2.21. The summed E-state index contributed by atoms with van der Waals surface area (Å²) in [5, 5.41) is 1.53. The first kappa shape index (κ1) is 16.9. The molecule has 3 nitrogen and oxygen atoms in total. The summed E-state index contributed by atoms with van der Waals surface area (Å²) in [5.74, 6) is -0.0822. The van der Waals surface area contributed by atoms with Crippen molar-refractivity contribution in [3.8, 4) is 0 Å². The second-order valence-corrected chi connectivity index (χ2v) is 7.35. The van der Waals surface area contributed by atoms with Gasteiger partial charge in [-0.05, 0) is 55.7 Å². The highest BCUT2D eigenvalue weighted by molar-refractivity contribution is 7.21. The van der Waals surface area contributed by atoms with Crippen molar-refractivity contribution in [2.24, 2.45) is 0 Å². The number of benzene rings is 1. The van der Waals surface area contributed by atoms with Crippen LogP contribution in [-0.2, 0) is 6.42 Å². The highest BCUT2D eigenvalue weighted by atomic mass is 35.5. The van der Waals surface area contributed by atoms with E-state index in [0.717, 1.165) is 34.3 Å². The van der Waals surface area contributed by atoms with Gasteiger partial charge in [0.05, 0.1) is 5.69 Å². The number of hydrogen-bond donors (Lipinski definition) is 1. The second-order valence-electron chi connectivity index (χ2n) is 5.91. The number of ketones is 1. The molecule has 2 aromatic heterocycles. The van der Waals surface area contributed by atoms with Crippen molar-refractivity contribution in [3.63, 3.8) is 0 Å². The lowest BCUT2D eigenvalue weighted by atomic mass is 9.99. The van der Waals surface area contributed by atoms with E-state index in [0.29, 0.717) is 21.2 Å². The molecule has 3 aromatic rings. The number of nitrogen functional groups attached to an aromatic ring is 1. The molecule has 0 fully saturated rings. The molecule has 0 spiro atoms. The van der Waals surface area contributed by atoms with Crippen LogP contribution in [0.15, 0.2) is 24.3 Å². The average Bonchev–Trinajstić information content (AvgIpc) is 2.88. The highest BCUT2D eigenvalue weighted by Crippen LogP contribution is 2.38. The van der Waals surface area contributed by atoms with Crippen molar-refractivity contribution in [1.82, 2.24) is 4.98 Å². The van der Waals surface area contributed by atoms with E-state index >= 15 is 0 Å². The van der Waals surface area contributed by atoms with Crippen molar-refractivity contribution >= 4 is 44.6 Å². The fourth-order valence-corrected chi connectivity index (χ4v) is 4.32.